The fourth-order valence-electron chi connectivity index (χ4n) is 0.359. The number of nitrogens with one attached hydrogen (secondary N) is 1. The lowest BCUT2D eigenvalue weighted by molar-refractivity contribution is 0.340. The molecule has 1 unspecified atom stereocenters. The zero-order chi connectivity index (χ0) is 8.15. The molecule has 0 aromatic heterocycles. The second kappa shape index (κ2) is 4.57. The third-order valence-electron chi connectivity index (χ3n) is 1.36. The van der Waals surface area contributed by atoms with Crippen LogP contribution in [-0.2, 0) is 0 Å². The molecule has 0 amide bonds. The minimum Gasteiger partial charge on any atom is -0.379 e. The van der Waals surface area contributed by atoms with Crippen molar-refractivity contribution in [2.75, 3.05) is 19.8 Å². The van der Waals surface area contributed by atoms with E-state index in [1.54, 1.807) is 0 Å². The van der Waals surface area contributed by atoms with Crippen LogP contribution in [0.25, 0.3) is 0 Å². The van der Waals surface area contributed by atoms with Gasteiger partial charge in [-0.05, 0) is 21.0 Å². The van der Waals surface area contributed by atoms with E-state index >= 15 is 0 Å². The Kier molecular flexibility index (Phi) is 4.47. The van der Waals surface area contributed by atoms with Gasteiger partial charge in [0.25, 0.3) is 0 Å². The van der Waals surface area contributed by atoms with Crippen LogP contribution in [0, 0.1) is 5.41 Å². The Hall–Kier alpha value is -0.220. The predicted octanol–water partition coefficient (Wildman–Crippen LogP) is 0.563. The molecule has 0 bridgehead atoms. The lowest BCUT2D eigenvalue weighted by Crippen LogP contribution is -2.27. The molecular weight excluding hydrogens is 146 g/mol. The van der Waals surface area contributed by atoms with Gasteiger partial charge in [-0.25, -0.2) is 0 Å². The highest BCUT2D eigenvalue weighted by Gasteiger charge is 2.04. The highest BCUT2D eigenvalue weighted by Crippen LogP contribution is 2.03. The number of hydrogen-bond acceptors (Lipinski definition) is 3. The van der Waals surface area contributed by atoms with Gasteiger partial charge >= 0.3 is 0 Å². The van der Waals surface area contributed by atoms with Crippen molar-refractivity contribution in [1.82, 2.24) is 4.90 Å². The maximum absolute atomic E-state index is 6.95. The lowest BCUT2D eigenvalue weighted by Gasteiger charge is -2.18. The van der Waals surface area contributed by atoms with E-state index in [1.165, 1.54) is 11.8 Å². The Morgan fingerprint density at radius 1 is 1.70 bits per heavy atom. The fourth-order valence-corrected chi connectivity index (χ4v) is 1.08. The molecule has 1 atom stereocenters. The Labute approximate surface area is 66.5 Å². The number of amidine groups is 1. The maximum atomic E-state index is 6.95. The third kappa shape index (κ3) is 4.64. The van der Waals surface area contributed by atoms with Crippen LogP contribution in [0.15, 0.2) is 0 Å². The van der Waals surface area contributed by atoms with E-state index in [2.05, 4.69) is 11.8 Å². The molecule has 0 aromatic rings. The summed E-state index contributed by atoms with van der Waals surface area (Å²) in [6.45, 7) is 2.11. The number of hydrogen-bond donors (Lipinski definition) is 2. The summed E-state index contributed by atoms with van der Waals surface area (Å²) in [5.74, 6) is 0.891. The average Bonchev–Trinajstić information content (AvgIpc) is 1.82. The molecule has 0 spiro atoms. The minimum absolute atomic E-state index is 0.203. The highest BCUT2D eigenvalue weighted by atomic mass is 32.2. The summed E-state index contributed by atoms with van der Waals surface area (Å²) >= 11 is 1.39. The normalized spacial score (nSPS) is 13.6. The fraction of sp³-hybridized carbons (Fsp3) is 0.833. The minimum atomic E-state index is 0.203. The van der Waals surface area contributed by atoms with Crippen molar-refractivity contribution in [3.8, 4) is 0 Å². The lowest BCUT2D eigenvalue weighted by atomic mass is 10.4. The summed E-state index contributed by atoms with van der Waals surface area (Å²) in [4.78, 5) is 2.11. The molecule has 0 rings (SSSR count). The molecule has 0 aliphatic carbocycles. The molecule has 0 aliphatic heterocycles. The van der Waals surface area contributed by atoms with E-state index in [1.807, 2.05) is 14.1 Å². The Bertz CT molecular complexity index is 114. The van der Waals surface area contributed by atoms with Crippen molar-refractivity contribution in [1.29, 1.82) is 5.41 Å². The van der Waals surface area contributed by atoms with Crippen LogP contribution in [0.2, 0.25) is 0 Å². The van der Waals surface area contributed by atoms with E-state index in [9.17, 15) is 0 Å². The van der Waals surface area contributed by atoms with E-state index in [-0.39, 0.29) is 5.17 Å². The van der Waals surface area contributed by atoms with Gasteiger partial charge in [-0.1, -0.05) is 11.8 Å². The highest BCUT2D eigenvalue weighted by molar-refractivity contribution is 8.13. The molecule has 4 heteroatoms. The van der Waals surface area contributed by atoms with Crippen molar-refractivity contribution >= 4 is 16.9 Å². The topological polar surface area (TPSA) is 53.1 Å². The first-order chi connectivity index (χ1) is 4.54. The van der Waals surface area contributed by atoms with Crippen molar-refractivity contribution in [2.24, 2.45) is 5.73 Å². The molecule has 3 nitrogen and oxygen atoms in total. The van der Waals surface area contributed by atoms with Crippen molar-refractivity contribution in [2.45, 2.75) is 13.0 Å². The molecule has 0 radical (unpaired) electrons. The Balaban J connectivity index is 3.39. The van der Waals surface area contributed by atoms with Gasteiger partial charge < -0.3 is 10.6 Å². The zero-order valence-electron chi connectivity index (χ0n) is 6.72. The molecule has 0 heterocycles. The second-order valence-electron chi connectivity index (χ2n) is 2.49. The summed E-state index contributed by atoms with van der Waals surface area (Å²) in [5.41, 5.74) is 5.17. The van der Waals surface area contributed by atoms with Crippen LogP contribution < -0.4 is 5.73 Å². The van der Waals surface area contributed by atoms with Gasteiger partial charge in [0.2, 0.25) is 0 Å². The van der Waals surface area contributed by atoms with Gasteiger partial charge in [0.05, 0.1) is 0 Å². The largest absolute Gasteiger partial charge is 0.379 e. The molecule has 0 aromatic carbocycles. The zero-order valence-corrected chi connectivity index (χ0v) is 7.53. The van der Waals surface area contributed by atoms with Crippen LogP contribution in [0.3, 0.4) is 0 Å². The summed E-state index contributed by atoms with van der Waals surface area (Å²) in [6, 6.07) is 0.480. The Morgan fingerprint density at radius 2 is 2.20 bits per heavy atom. The third-order valence-corrected chi connectivity index (χ3v) is 2.32. The summed E-state index contributed by atoms with van der Waals surface area (Å²) in [7, 11) is 4.04. The van der Waals surface area contributed by atoms with E-state index in [0.29, 0.717) is 6.04 Å². The van der Waals surface area contributed by atoms with E-state index in [0.717, 1.165) is 5.75 Å². The van der Waals surface area contributed by atoms with Gasteiger partial charge in [-0.15, -0.1) is 0 Å². The molecular formula is C6H15N3S. The van der Waals surface area contributed by atoms with Crippen LogP contribution in [0.5, 0.6) is 0 Å². The van der Waals surface area contributed by atoms with Gasteiger partial charge in [0, 0.05) is 11.8 Å². The maximum Gasteiger partial charge on any atom is 0.151 e. The van der Waals surface area contributed by atoms with Crippen LogP contribution in [-0.4, -0.2) is 36.0 Å². The molecule has 60 valence electrons. The van der Waals surface area contributed by atoms with Crippen LogP contribution >= 0.6 is 11.8 Å². The quantitative estimate of drug-likeness (QED) is 0.470. The molecule has 3 N–H and O–H groups in total. The van der Waals surface area contributed by atoms with E-state index < -0.39 is 0 Å². The van der Waals surface area contributed by atoms with Crippen LogP contribution in [0.1, 0.15) is 6.92 Å². The number of thioether (sulfide) groups is 1. The molecule has 0 saturated heterocycles. The second-order valence-corrected chi connectivity index (χ2v) is 3.55. The SMILES string of the molecule is CC(CSC(=N)N)N(C)C. The molecule has 0 saturated carbocycles. The van der Waals surface area contributed by atoms with Gasteiger partial charge in [0.1, 0.15) is 0 Å². The number of nitrogens with two attached hydrogens (primary N) is 1. The van der Waals surface area contributed by atoms with Crippen molar-refractivity contribution in [3.63, 3.8) is 0 Å². The molecule has 0 fully saturated rings. The first-order valence-corrected chi connectivity index (χ1v) is 4.16. The van der Waals surface area contributed by atoms with E-state index in [4.69, 9.17) is 11.1 Å². The number of rotatable bonds is 3. The first-order valence-electron chi connectivity index (χ1n) is 3.17. The smallest absolute Gasteiger partial charge is 0.151 e. The van der Waals surface area contributed by atoms with Gasteiger partial charge in [-0.2, -0.15) is 0 Å². The summed E-state index contributed by atoms with van der Waals surface area (Å²) in [5, 5.41) is 7.15. The standard InChI is InChI=1S/C6H15N3S/c1-5(9(2)3)4-10-6(7)8/h5H,4H2,1-3H3,(H3,7,8). The monoisotopic (exact) mass is 161 g/mol. The number of nitrogens with zero attached hydrogens (tertiary/aromatic N) is 1. The van der Waals surface area contributed by atoms with Gasteiger partial charge in [0.15, 0.2) is 5.17 Å². The molecule has 10 heavy (non-hydrogen) atoms. The predicted molar refractivity (Wildman–Crippen MR) is 47.5 cm³/mol. The van der Waals surface area contributed by atoms with Crippen molar-refractivity contribution < 1.29 is 0 Å². The van der Waals surface area contributed by atoms with Crippen LogP contribution in [0.4, 0.5) is 0 Å². The summed E-state index contributed by atoms with van der Waals surface area (Å²) in [6.07, 6.45) is 0. The van der Waals surface area contributed by atoms with Crippen molar-refractivity contribution in [3.05, 3.63) is 0 Å². The van der Waals surface area contributed by atoms with Gasteiger partial charge in [-0.3, -0.25) is 5.41 Å². The average molecular weight is 161 g/mol. The molecule has 0 aliphatic rings. The Morgan fingerprint density at radius 3 is 2.50 bits per heavy atom. The summed E-state index contributed by atoms with van der Waals surface area (Å²) < 4.78 is 0. The first kappa shape index (κ1) is 9.78.